The molecule has 5 heteroatoms. The van der Waals surface area contributed by atoms with E-state index in [1.165, 1.54) is 55.2 Å². The molecule has 0 atom stereocenters. The minimum absolute atomic E-state index is 0.0880. The van der Waals surface area contributed by atoms with E-state index in [1.54, 1.807) is 0 Å². The van der Waals surface area contributed by atoms with Gasteiger partial charge >= 0.3 is 0 Å². The summed E-state index contributed by atoms with van der Waals surface area (Å²) in [4.78, 5) is 10.6. The molecule has 1 aliphatic carbocycles. The van der Waals surface area contributed by atoms with Crippen LogP contribution in [0.25, 0.3) is 155 Å². The Kier molecular flexibility index (Phi) is 10.6. The Balaban J connectivity index is 0.777. The van der Waals surface area contributed by atoms with Crippen LogP contribution in [0.2, 0.25) is 0 Å². The highest BCUT2D eigenvalue weighted by Crippen LogP contribution is 2.51. The van der Waals surface area contributed by atoms with Crippen LogP contribution >= 0.6 is 0 Å². The summed E-state index contributed by atoms with van der Waals surface area (Å²) in [6, 6.07) is 101. The van der Waals surface area contributed by atoms with E-state index in [0.717, 1.165) is 105 Å². The van der Waals surface area contributed by atoms with E-state index >= 15 is 0 Å². The zero-order valence-corrected chi connectivity index (χ0v) is 46.3. The first-order valence-electron chi connectivity index (χ1n) is 28.9. The Morgan fingerprint density at radius 2 is 0.845 bits per heavy atom. The molecule has 0 spiro atoms. The van der Waals surface area contributed by atoms with Gasteiger partial charge in [-0.2, -0.15) is 0 Å². The highest BCUT2D eigenvalue weighted by molar-refractivity contribution is 6.25. The molecular formula is C79H52N4O. The summed E-state index contributed by atoms with van der Waals surface area (Å²) in [5.41, 5.74) is 25.1. The van der Waals surface area contributed by atoms with Crippen LogP contribution in [0.4, 0.5) is 0 Å². The molecule has 0 fully saturated rings. The lowest BCUT2D eigenvalue weighted by Gasteiger charge is -2.21. The first-order chi connectivity index (χ1) is 41.4. The Hall–Kier alpha value is -10.9. The number of nitrogens with zero attached hydrogens (tertiary/aromatic N) is 4. The predicted octanol–water partition coefficient (Wildman–Crippen LogP) is 20.9. The summed E-state index contributed by atoms with van der Waals surface area (Å²) in [5.74, 6) is 0.669. The van der Waals surface area contributed by atoms with Gasteiger partial charge in [0.2, 0.25) is 0 Å². The zero-order chi connectivity index (χ0) is 55.6. The first-order valence-corrected chi connectivity index (χ1v) is 28.9. The van der Waals surface area contributed by atoms with Gasteiger partial charge in [-0.1, -0.05) is 214 Å². The van der Waals surface area contributed by atoms with Crippen LogP contribution in [-0.2, 0) is 5.41 Å². The third kappa shape index (κ3) is 7.42. The van der Waals surface area contributed by atoms with Gasteiger partial charge < -0.3 is 13.6 Å². The van der Waals surface area contributed by atoms with Gasteiger partial charge in [0, 0.05) is 66.0 Å². The van der Waals surface area contributed by atoms with Gasteiger partial charge in [0.1, 0.15) is 11.2 Å². The number of fused-ring (bicyclic) bond motifs is 13. The zero-order valence-electron chi connectivity index (χ0n) is 46.3. The molecule has 4 heterocycles. The topological polar surface area (TPSA) is 48.8 Å². The lowest BCUT2D eigenvalue weighted by molar-refractivity contribution is 0.661. The van der Waals surface area contributed by atoms with Crippen molar-refractivity contribution in [1.82, 2.24) is 19.1 Å². The lowest BCUT2D eigenvalue weighted by Crippen LogP contribution is -2.14. The van der Waals surface area contributed by atoms with E-state index in [-0.39, 0.29) is 5.41 Å². The minimum Gasteiger partial charge on any atom is -0.455 e. The van der Waals surface area contributed by atoms with E-state index in [0.29, 0.717) is 5.82 Å². The fourth-order valence-corrected chi connectivity index (χ4v) is 13.7. The maximum absolute atomic E-state index is 7.28. The third-order valence-electron chi connectivity index (χ3n) is 17.7. The van der Waals surface area contributed by atoms with E-state index in [4.69, 9.17) is 14.4 Å². The maximum atomic E-state index is 7.28. The normalized spacial score (nSPS) is 12.7. The van der Waals surface area contributed by atoms with Crippen molar-refractivity contribution in [3.8, 4) is 89.8 Å². The molecule has 16 aromatic rings. The molecule has 0 aliphatic heterocycles. The van der Waals surface area contributed by atoms with Gasteiger partial charge in [-0.05, 0) is 129 Å². The highest BCUT2D eigenvalue weighted by atomic mass is 16.3. The number of aromatic nitrogens is 4. The maximum Gasteiger partial charge on any atom is 0.160 e. The number of para-hydroxylation sites is 3. The molecule has 84 heavy (non-hydrogen) atoms. The van der Waals surface area contributed by atoms with Crippen LogP contribution in [0.1, 0.15) is 25.0 Å². The van der Waals surface area contributed by atoms with Crippen LogP contribution in [0.15, 0.2) is 283 Å². The van der Waals surface area contributed by atoms with Crippen molar-refractivity contribution in [3.05, 3.63) is 290 Å². The van der Waals surface area contributed by atoms with Crippen molar-refractivity contribution < 1.29 is 4.42 Å². The molecule has 0 N–H and O–H groups in total. The Morgan fingerprint density at radius 1 is 0.298 bits per heavy atom. The van der Waals surface area contributed by atoms with Crippen molar-refractivity contribution >= 4 is 65.6 Å². The molecule has 17 rings (SSSR count). The summed E-state index contributed by atoms with van der Waals surface area (Å²) in [6.07, 6.45) is 0. The van der Waals surface area contributed by atoms with E-state index in [9.17, 15) is 0 Å². The molecule has 0 bridgehead atoms. The van der Waals surface area contributed by atoms with Crippen LogP contribution in [-0.4, -0.2) is 19.1 Å². The van der Waals surface area contributed by atoms with Crippen molar-refractivity contribution in [2.45, 2.75) is 19.3 Å². The fraction of sp³-hybridized carbons (Fsp3) is 0.0380. The van der Waals surface area contributed by atoms with Crippen molar-refractivity contribution in [2.75, 3.05) is 0 Å². The molecule has 1 aliphatic rings. The summed E-state index contributed by atoms with van der Waals surface area (Å²) in [6.45, 7) is 4.71. The van der Waals surface area contributed by atoms with E-state index < -0.39 is 0 Å². The monoisotopic (exact) mass is 1070 g/mol. The van der Waals surface area contributed by atoms with Crippen molar-refractivity contribution in [2.24, 2.45) is 0 Å². The molecule has 0 radical (unpaired) electrons. The van der Waals surface area contributed by atoms with Crippen LogP contribution in [0.3, 0.4) is 0 Å². The average molecular weight is 1070 g/mol. The number of benzene rings is 12. The van der Waals surface area contributed by atoms with Crippen molar-refractivity contribution in [3.63, 3.8) is 0 Å². The molecule has 394 valence electrons. The fourth-order valence-electron chi connectivity index (χ4n) is 13.7. The summed E-state index contributed by atoms with van der Waals surface area (Å²) in [7, 11) is 0. The van der Waals surface area contributed by atoms with Crippen LogP contribution < -0.4 is 0 Å². The van der Waals surface area contributed by atoms with E-state index in [2.05, 4.69) is 284 Å². The molecular weight excluding hydrogens is 1020 g/mol. The summed E-state index contributed by atoms with van der Waals surface area (Å²) < 4.78 is 12.1. The Bertz CT molecular complexity index is 5260. The van der Waals surface area contributed by atoms with Gasteiger partial charge in [-0.15, -0.1) is 0 Å². The molecule has 12 aromatic carbocycles. The van der Waals surface area contributed by atoms with Crippen LogP contribution in [0, 0.1) is 0 Å². The summed E-state index contributed by atoms with van der Waals surface area (Å²) in [5, 5.41) is 6.90. The molecule has 5 nitrogen and oxygen atoms in total. The second-order valence-corrected chi connectivity index (χ2v) is 22.9. The molecule has 0 amide bonds. The highest BCUT2D eigenvalue weighted by Gasteiger charge is 2.36. The van der Waals surface area contributed by atoms with Gasteiger partial charge in [-0.3, -0.25) is 0 Å². The molecule has 4 aromatic heterocycles. The Morgan fingerprint density at radius 3 is 1.58 bits per heavy atom. The first kappa shape index (κ1) is 47.9. The minimum atomic E-state index is -0.0880. The smallest absolute Gasteiger partial charge is 0.160 e. The van der Waals surface area contributed by atoms with E-state index in [1.807, 2.05) is 18.2 Å². The molecule has 0 saturated carbocycles. The third-order valence-corrected chi connectivity index (χ3v) is 17.7. The predicted molar refractivity (Wildman–Crippen MR) is 348 cm³/mol. The van der Waals surface area contributed by atoms with Crippen molar-refractivity contribution in [1.29, 1.82) is 0 Å². The second kappa shape index (κ2) is 18.6. The lowest BCUT2D eigenvalue weighted by atomic mass is 9.82. The SMILES string of the molecule is CC1(C)c2ccccc2-c2cc3c(cc21)c1ccccc1n3-c1ccc(-c2cc(-c3cccc(-c4cccc5c4oc4c5ccc5c4c4ccccc4n5-c4cc(-c5ccccc5)cc(-c5ccccc5)c4)c3)nc(-c3ccccc3)n2)cc1. The van der Waals surface area contributed by atoms with Crippen LogP contribution in [0.5, 0.6) is 0 Å². The summed E-state index contributed by atoms with van der Waals surface area (Å²) >= 11 is 0. The largest absolute Gasteiger partial charge is 0.455 e. The van der Waals surface area contributed by atoms with Gasteiger partial charge in [0.05, 0.1) is 38.8 Å². The second-order valence-electron chi connectivity index (χ2n) is 22.9. The standard InChI is InChI=1S/C79H52N4O/c1-79(2)67-33-15-12-28-60(67)65-47-74-66(46-68(65)79)61-29-13-16-34-71(61)82(74)57-38-36-51(37-39-57)69-48-70(81-78(80-69)52-24-10-5-11-25-52)54-27-18-26-53(42-54)59-31-19-32-62-63-40-41-73-75(77(63)84-76(59)62)64-30-14-17-35-72(64)83(73)58-44-55(49-20-6-3-7-21-49)43-56(45-58)50-22-8-4-9-23-50/h3-48H,1-2H3. The number of hydrogen-bond donors (Lipinski definition) is 0. The van der Waals surface area contributed by atoms with Gasteiger partial charge in [0.15, 0.2) is 5.82 Å². The number of furan rings is 1. The Labute approximate surface area is 485 Å². The molecule has 0 unspecified atom stereocenters. The van der Waals surface area contributed by atoms with Gasteiger partial charge in [0.25, 0.3) is 0 Å². The number of rotatable bonds is 8. The average Bonchev–Trinajstić information content (AvgIpc) is 3.91. The molecule has 0 saturated heterocycles. The quantitative estimate of drug-likeness (QED) is 0.152. The van der Waals surface area contributed by atoms with Gasteiger partial charge in [-0.25, -0.2) is 9.97 Å². The number of hydrogen-bond acceptors (Lipinski definition) is 3.